The quantitative estimate of drug-likeness (QED) is 0.634. The van der Waals surface area contributed by atoms with Gasteiger partial charge in [-0.3, -0.25) is 9.69 Å². The monoisotopic (exact) mass is 358 g/mol. The summed E-state index contributed by atoms with van der Waals surface area (Å²) in [5.74, 6) is 0.505. The van der Waals surface area contributed by atoms with Crippen LogP contribution >= 0.6 is 11.6 Å². The van der Waals surface area contributed by atoms with Gasteiger partial charge in [0.15, 0.2) is 0 Å². The summed E-state index contributed by atoms with van der Waals surface area (Å²) >= 11 is 5.90. The Morgan fingerprint density at radius 1 is 1.08 bits per heavy atom. The van der Waals surface area contributed by atoms with E-state index in [-0.39, 0.29) is 11.9 Å². The minimum Gasteiger partial charge on any atom is -0.494 e. The Balaban J connectivity index is 1.60. The van der Waals surface area contributed by atoms with E-state index in [1.165, 1.54) is 4.90 Å². The van der Waals surface area contributed by atoms with Gasteiger partial charge in [0.25, 0.3) is 5.91 Å². The number of benzene rings is 2. The highest BCUT2D eigenvalue weighted by molar-refractivity contribution is 6.30. The molecule has 1 aliphatic heterocycles. The molecule has 130 valence electrons. The topological polar surface area (TPSA) is 58.6 Å². The van der Waals surface area contributed by atoms with E-state index in [4.69, 9.17) is 16.3 Å². The molecule has 1 fully saturated rings. The van der Waals surface area contributed by atoms with Crippen molar-refractivity contribution in [1.29, 1.82) is 0 Å². The first-order valence-electron chi connectivity index (χ1n) is 8.09. The van der Waals surface area contributed by atoms with Gasteiger partial charge >= 0.3 is 6.03 Å². The standard InChI is InChI=1S/C19H19ClN2O3/c1-19(14-8-10-15(20)11-9-14)17(23)22(18(24)21-19)12-5-13-25-16-6-3-2-4-7-16/h2-4,6-11H,5,12-13H2,1H3,(H,21,24). The summed E-state index contributed by atoms with van der Waals surface area (Å²) in [4.78, 5) is 26.2. The van der Waals surface area contributed by atoms with E-state index >= 15 is 0 Å². The minimum atomic E-state index is -1.07. The van der Waals surface area contributed by atoms with Crippen LogP contribution in [0.1, 0.15) is 18.9 Å². The summed E-state index contributed by atoms with van der Waals surface area (Å²) in [6, 6.07) is 16.0. The predicted molar refractivity (Wildman–Crippen MR) is 95.6 cm³/mol. The van der Waals surface area contributed by atoms with E-state index in [1.54, 1.807) is 31.2 Å². The Kier molecular flexibility index (Phi) is 4.95. The van der Waals surface area contributed by atoms with Crippen LogP contribution in [0.3, 0.4) is 0 Å². The average Bonchev–Trinajstić information content (AvgIpc) is 2.83. The Morgan fingerprint density at radius 2 is 1.76 bits per heavy atom. The van der Waals surface area contributed by atoms with Crippen LogP contribution in [-0.2, 0) is 10.3 Å². The third-order valence-electron chi connectivity index (χ3n) is 4.23. The Labute approximate surface area is 151 Å². The first-order valence-corrected chi connectivity index (χ1v) is 8.46. The van der Waals surface area contributed by atoms with E-state index in [2.05, 4.69) is 5.32 Å². The lowest BCUT2D eigenvalue weighted by molar-refractivity contribution is -0.131. The molecule has 0 radical (unpaired) electrons. The summed E-state index contributed by atoms with van der Waals surface area (Å²) in [7, 11) is 0. The number of hydrogen-bond donors (Lipinski definition) is 1. The SMILES string of the molecule is CC1(c2ccc(Cl)cc2)NC(=O)N(CCCOc2ccccc2)C1=O. The zero-order chi connectivity index (χ0) is 17.9. The number of carbonyl (C=O) groups excluding carboxylic acids is 2. The third-order valence-corrected chi connectivity index (χ3v) is 4.49. The normalized spacial score (nSPS) is 19.8. The molecule has 1 aliphatic rings. The van der Waals surface area contributed by atoms with Crippen molar-refractivity contribution >= 4 is 23.5 Å². The smallest absolute Gasteiger partial charge is 0.325 e. The second kappa shape index (κ2) is 7.15. The van der Waals surface area contributed by atoms with Gasteiger partial charge in [-0.1, -0.05) is 41.9 Å². The fraction of sp³-hybridized carbons (Fsp3) is 0.263. The molecule has 1 atom stereocenters. The van der Waals surface area contributed by atoms with Crippen molar-refractivity contribution in [2.45, 2.75) is 18.9 Å². The minimum absolute atomic E-state index is 0.264. The number of carbonyl (C=O) groups is 2. The molecule has 3 rings (SSSR count). The molecule has 2 aromatic carbocycles. The van der Waals surface area contributed by atoms with Crippen molar-refractivity contribution in [2.24, 2.45) is 0 Å². The number of imide groups is 1. The van der Waals surface area contributed by atoms with Crippen LogP contribution in [0.15, 0.2) is 54.6 Å². The van der Waals surface area contributed by atoms with E-state index < -0.39 is 5.54 Å². The van der Waals surface area contributed by atoms with Crippen LogP contribution in [0, 0.1) is 0 Å². The molecule has 0 aliphatic carbocycles. The van der Waals surface area contributed by atoms with Gasteiger partial charge in [0.1, 0.15) is 11.3 Å². The summed E-state index contributed by atoms with van der Waals surface area (Å²) < 4.78 is 5.60. The van der Waals surface area contributed by atoms with E-state index in [0.717, 1.165) is 5.75 Å². The third kappa shape index (κ3) is 3.61. The van der Waals surface area contributed by atoms with Crippen LogP contribution in [-0.4, -0.2) is 30.0 Å². The Morgan fingerprint density at radius 3 is 2.44 bits per heavy atom. The number of urea groups is 1. The second-order valence-electron chi connectivity index (χ2n) is 6.03. The number of halogens is 1. The molecule has 5 nitrogen and oxygen atoms in total. The lowest BCUT2D eigenvalue weighted by Crippen LogP contribution is -2.41. The first kappa shape index (κ1) is 17.3. The number of hydrogen-bond acceptors (Lipinski definition) is 3. The van der Waals surface area contributed by atoms with Crippen LogP contribution in [0.25, 0.3) is 0 Å². The predicted octanol–water partition coefficient (Wildman–Crippen LogP) is 3.58. The fourth-order valence-electron chi connectivity index (χ4n) is 2.81. The summed E-state index contributed by atoms with van der Waals surface area (Å²) in [6.45, 7) is 2.44. The summed E-state index contributed by atoms with van der Waals surface area (Å²) in [6.07, 6.45) is 0.560. The molecule has 1 heterocycles. The largest absolute Gasteiger partial charge is 0.494 e. The number of para-hydroxylation sites is 1. The van der Waals surface area contributed by atoms with E-state index in [9.17, 15) is 9.59 Å². The number of nitrogens with one attached hydrogen (secondary N) is 1. The van der Waals surface area contributed by atoms with Crippen molar-refractivity contribution in [3.05, 3.63) is 65.2 Å². The van der Waals surface area contributed by atoms with E-state index in [0.29, 0.717) is 30.2 Å². The highest BCUT2D eigenvalue weighted by atomic mass is 35.5. The molecule has 1 N–H and O–H groups in total. The average molecular weight is 359 g/mol. The summed E-state index contributed by atoms with van der Waals surface area (Å²) in [5, 5.41) is 3.36. The van der Waals surface area contributed by atoms with Gasteiger partial charge in [0.05, 0.1) is 6.61 Å². The van der Waals surface area contributed by atoms with Crippen LogP contribution in [0.4, 0.5) is 4.79 Å². The molecule has 0 aromatic heterocycles. The first-order chi connectivity index (χ1) is 12.0. The fourth-order valence-corrected chi connectivity index (χ4v) is 2.93. The number of ether oxygens (including phenoxy) is 1. The van der Waals surface area contributed by atoms with Gasteiger partial charge in [0, 0.05) is 11.6 Å². The molecule has 1 unspecified atom stereocenters. The zero-order valence-corrected chi connectivity index (χ0v) is 14.6. The molecule has 0 spiro atoms. The van der Waals surface area contributed by atoms with Crippen molar-refractivity contribution in [3.8, 4) is 5.75 Å². The van der Waals surface area contributed by atoms with Gasteiger partial charge in [-0.05, 0) is 43.2 Å². The summed E-state index contributed by atoms with van der Waals surface area (Å²) in [5.41, 5.74) is -0.361. The molecule has 25 heavy (non-hydrogen) atoms. The lowest BCUT2D eigenvalue weighted by atomic mass is 9.92. The van der Waals surface area contributed by atoms with Crippen molar-refractivity contribution < 1.29 is 14.3 Å². The van der Waals surface area contributed by atoms with Crippen LogP contribution in [0.5, 0.6) is 5.75 Å². The maximum absolute atomic E-state index is 12.8. The molecule has 3 amide bonds. The van der Waals surface area contributed by atoms with Crippen molar-refractivity contribution in [1.82, 2.24) is 10.2 Å². The Hall–Kier alpha value is -2.53. The van der Waals surface area contributed by atoms with Gasteiger partial charge in [0.2, 0.25) is 0 Å². The number of amides is 3. The van der Waals surface area contributed by atoms with E-state index in [1.807, 2.05) is 30.3 Å². The zero-order valence-electron chi connectivity index (χ0n) is 13.9. The molecule has 6 heteroatoms. The Bertz CT molecular complexity index is 764. The lowest BCUT2D eigenvalue weighted by Gasteiger charge is -2.22. The van der Waals surface area contributed by atoms with Gasteiger partial charge in [-0.15, -0.1) is 0 Å². The van der Waals surface area contributed by atoms with Gasteiger partial charge in [-0.2, -0.15) is 0 Å². The highest BCUT2D eigenvalue weighted by Crippen LogP contribution is 2.29. The second-order valence-corrected chi connectivity index (χ2v) is 6.47. The van der Waals surface area contributed by atoms with Crippen LogP contribution < -0.4 is 10.1 Å². The van der Waals surface area contributed by atoms with Crippen molar-refractivity contribution in [2.75, 3.05) is 13.2 Å². The maximum atomic E-state index is 12.8. The number of nitrogens with zero attached hydrogens (tertiary/aromatic N) is 1. The van der Waals surface area contributed by atoms with Gasteiger partial charge < -0.3 is 10.1 Å². The van der Waals surface area contributed by atoms with Crippen LogP contribution in [0.2, 0.25) is 5.02 Å². The molecular formula is C19H19ClN2O3. The highest BCUT2D eigenvalue weighted by Gasteiger charge is 2.48. The maximum Gasteiger partial charge on any atom is 0.325 e. The molecular weight excluding hydrogens is 340 g/mol. The molecule has 1 saturated heterocycles. The molecule has 2 aromatic rings. The van der Waals surface area contributed by atoms with Crippen molar-refractivity contribution in [3.63, 3.8) is 0 Å². The van der Waals surface area contributed by atoms with Gasteiger partial charge in [-0.25, -0.2) is 4.79 Å². The molecule has 0 bridgehead atoms. The number of rotatable bonds is 6. The molecule has 0 saturated carbocycles.